The molecule has 0 saturated carbocycles. The molecule has 2 nitrogen and oxygen atoms in total. The van der Waals surface area contributed by atoms with Crippen molar-refractivity contribution in [1.29, 1.82) is 0 Å². The van der Waals surface area contributed by atoms with Crippen LogP contribution < -0.4 is 5.73 Å². The van der Waals surface area contributed by atoms with Gasteiger partial charge in [-0.3, -0.25) is 0 Å². The smallest absolute Gasteiger partial charge is 0.118 e. The zero-order valence-electron chi connectivity index (χ0n) is 8.36. The summed E-state index contributed by atoms with van der Waals surface area (Å²) in [7, 11) is 0. The van der Waals surface area contributed by atoms with Gasteiger partial charge >= 0.3 is 0 Å². The molecular weight excluding hydrogens is 182 g/mol. The van der Waals surface area contributed by atoms with Gasteiger partial charge in [0.15, 0.2) is 0 Å². The lowest BCUT2D eigenvalue weighted by molar-refractivity contribution is 0.486. The van der Waals surface area contributed by atoms with E-state index >= 15 is 0 Å². The van der Waals surface area contributed by atoms with Crippen molar-refractivity contribution in [2.24, 2.45) is 5.73 Å². The molecule has 0 aromatic carbocycles. The third kappa shape index (κ3) is 3.08. The first-order valence-electron chi connectivity index (χ1n) is 4.55. The Labute approximate surface area is 83.9 Å². The lowest BCUT2D eigenvalue weighted by Crippen LogP contribution is -2.23. The number of furan rings is 1. The first-order chi connectivity index (χ1) is 6.11. The zero-order valence-corrected chi connectivity index (χ0v) is 9.17. The quantitative estimate of drug-likeness (QED) is 0.810. The molecule has 0 bridgehead atoms. The van der Waals surface area contributed by atoms with Crippen molar-refractivity contribution in [3.05, 3.63) is 24.2 Å². The van der Waals surface area contributed by atoms with Crippen LogP contribution in [-0.2, 0) is 0 Å². The lowest BCUT2D eigenvalue weighted by atomic mass is 10.2. The van der Waals surface area contributed by atoms with E-state index in [9.17, 15) is 0 Å². The van der Waals surface area contributed by atoms with Crippen LogP contribution in [0.2, 0.25) is 0 Å². The molecule has 2 unspecified atom stereocenters. The summed E-state index contributed by atoms with van der Waals surface area (Å²) >= 11 is 1.85. The van der Waals surface area contributed by atoms with Crippen LogP contribution in [0.5, 0.6) is 0 Å². The number of thioether (sulfide) groups is 1. The highest BCUT2D eigenvalue weighted by molar-refractivity contribution is 8.00. The van der Waals surface area contributed by atoms with Gasteiger partial charge in [0.25, 0.3) is 0 Å². The maximum atomic E-state index is 5.90. The van der Waals surface area contributed by atoms with Crippen LogP contribution in [0.1, 0.15) is 31.8 Å². The average molecular weight is 199 g/mol. The summed E-state index contributed by atoms with van der Waals surface area (Å²) in [4.78, 5) is 0. The summed E-state index contributed by atoms with van der Waals surface area (Å²) in [5.74, 6) is 0.980. The normalized spacial score (nSPS) is 16.1. The van der Waals surface area contributed by atoms with Crippen LogP contribution >= 0.6 is 11.8 Å². The molecule has 13 heavy (non-hydrogen) atoms. The molecule has 2 atom stereocenters. The first-order valence-corrected chi connectivity index (χ1v) is 5.50. The Morgan fingerprint density at radius 3 is 2.46 bits per heavy atom. The van der Waals surface area contributed by atoms with E-state index in [1.54, 1.807) is 6.26 Å². The molecule has 2 N–H and O–H groups in total. The van der Waals surface area contributed by atoms with Crippen molar-refractivity contribution in [1.82, 2.24) is 0 Å². The largest absolute Gasteiger partial charge is 0.468 e. The maximum absolute atomic E-state index is 5.90. The third-order valence-electron chi connectivity index (χ3n) is 1.72. The fraction of sp³-hybridized carbons (Fsp3) is 0.600. The van der Waals surface area contributed by atoms with E-state index in [1.165, 1.54) is 0 Å². The van der Waals surface area contributed by atoms with Crippen molar-refractivity contribution < 1.29 is 4.42 Å². The van der Waals surface area contributed by atoms with Gasteiger partial charge in [0.05, 0.1) is 11.5 Å². The molecule has 1 aromatic rings. The van der Waals surface area contributed by atoms with Crippen LogP contribution in [0.25, 0.3) is 0 Å². The molecule has 1 rings (SSSR count). The maximum Gasteiger partial charge on any atom is 0.118 e. The number of rotatable bonds is 4. The molecular formula is C10H17NOS. The second kappa shape index (κ2) is 4.72. The molecule has 0 spiro atoms. The van der Waals surface area contributed by atoms with E-state index in [-0.39, 0.29) is 11.3 Å². The van der Waals surface area contributed by atoms with E-state index in [1.807, 2.05) is 30.8 Å². The lowest BCUT2D eigenvalue weighted by Gasteiger charge is -2.19. The van der Waals surface area contributed by atoms with Gasteiger partial charge in [-0.1, -0.05) is 13.8 Å². The highest BCUT2D eigenvalue weighted by Gasteiger charge is 2.20. The standard InChI is InChI=1S/C10H17NOS/c1-7(2)13-10(8(3)11)9-5-4-6-12-9/h4-8,10H,11H2,1-3H3. The fourth-order valence-electron chi connectivity index (χ4n) is 1.20. The Balaban J connectivity index is 2.69. The summed E-state index contributed by atoms with van der Waals surface area (Å²) in [5, 5.41) is 0.844. The van der Waals surface area contributed by atoms with Crippen LogP contribution in [0, 0.1) is 0 Å². The van der Waals surface area contributed by atoms with Crippen molar-refractivity contribution in [3.63, 3.8) is 0 Å². The van der Waals surface area contributed by atoms with Gasteiger partial charge in [-0.15, -0.1) is 11.8 Å². The number of nitrogens with two attached hydrogens (primary N) is 1. The number of hydrogen-bond donors (Lipinski definition) is 1. The SMILES string of the molecule is CC(C)SC(c1ccco1)C(C)N. The Kier molecular flexibility index (Phi) is 3.88. The molecule has 74 valence electrons. The van der Waals surface area contributed by atoms with Gasteiger partial charge in [-0.05, 0) is 24.3 Å². The fourth-order valence-corrected chi connectivity index (χ4v) is 2.30. The van der Waals surface area contributed by atoms with Crippen molar-refractivity contribution in [2.45, 2.75) is 37.3 Å². The van der Waals surface area contributed by atoms with Crippen LogP contribution in [0.3, 0.4) is 0 Å². The molecule has 0 saturated heterocycles. The molecule has 0 aliphatic heterocycles. The van der Waals surface area contributed by atoms with Crippen LogP contribution in [-0.4, -0.2) is 11.3 Å². The predicted octanol–water partition coefficient (Wildman–Crippen LogP) is 2.81. The van der Waals surface area contributed by atoms with E-state index in [2.05, 4.69) is 13.8 Å². The van der Waals surface area contributed by atoms with E-state index in [4.69, 9.17) is 10.2 Å². The van der Waals surface area contributed by atoms with Gasteiger partial charge < -0.3 is 10.2 Å². The molecule has 0 fully saturated rings. The zero-order chi connectivity index (χ0) is 9.84. The summed E-state index contributed by atoms with van der Waals surface area (Å²) < 4.78 is 5.36. The molecule has 0 aliphatic rings. The highest BCUT2D eigenvalue weighted by atomic mass is 32.2. The Bertz CT molecular complexity index is 231. The molecule has 0 aliphatic carbocycles. The van der Waals surface area contributed by atoms with Gasteiger partial charge in [0, 0.05) is 6.04 Å². The Hall–Kier alpha value is -0.410. The molecule has 1 heterocycles. The minimum Gasteiger partial charge on any atom is -0.468 e. The molecule has 3 heteroatoms. The van der Waals surface area contributed by atoms with Crippen LogP contribution in [0.15, 0.2) is 22.8 Å². The summed E-state index contributed by atoms with van der Waals surface area (Å²) in [6.45, 7) is 6.36. The third-order valence-corrected chi connectivity index (χ3v) is 3.22. The minimum absolute atomic E-state index is 0.124. The second-order valence-corrected chi connectivity index (χ2v) is 5.20. The van der Waals surface area contributed by atoms with E-state index < -0.39 is 0 Å². The van der Waals surface area contributed by atoms with Crippen LogP contribution in [0.4, 0.5) is 0 Å². The van der Waals surface area contributed by atoms with Gasteiger partial charge in [-0.2, -0.15) is 0 Å². The first kappa shape index (κ1) is 10.7. The Morgan fingerprint density at radius 2 is 2.08 bits per heavy atom. The molecule has 0 radical (unpaired) electrons. The summed E-state index contributed by atoms with van der Waals surface area (Å²) in [5.41, 5.74) is 5.90. The van der Waals surface area contributed by atoms with Gasteiger partial charge in [0.1, 0.15) is 5.76 Å². The van der Waals surface area contributed by atoms with Crippen molar-refractivity contribution in [2.75, 3.05) is 0 Å². The predicted molar refractivity (Wildman–Crippen MR) is 57.8 cm³/mol. The molecule has 0 amide bonds. The topological polar surface area (TPSA) is 39.2 Å². The van der Waals surface area contributed by atoms with Crippen molar-refractivity contribution >= 4 is 11.8 Å². The second-order valence-electron chi connectivity index (χ2n) is 3.48. The highest BCUT2D eigenvalue weighted by Crippen LogP contribution is 2.34. The van der Waals surface area contributed by atoms with Gasteiger partial charge in [-0.25, -0.2) is 0 Å². The van der Waals surface area contributed by atoms with Gasteiger partial charge in [0.2, 0.25) is 0 Å². The monoisotopic (exact) mass is 199 g/mol. The summed E-state index contributed by atoms with van der Waals surface area (Å²) in [6, 6.07) is 4.02. The summed E-state index contributed by atoms with van der Waals surface area (Å²) in [6.07, 6.45) is 1.70. The minimum atomic E-state index is 0.124. The molecule has 1 aromatic heterocycles. The van der Waals surface area contributed by atoms with E-state index in [0.717, 1.165) is 5.76 Å². The average Bonchev–Trinajstić information content (AvgIpc) is 2.50. The number of hydrogen-bond acceptors (Lipinski definition) is 3. The van der Waals surface area contributed by atoms with E-state index in [0.29, 0.717) is 5.25 Å². The van der Waals surface area contributed by atoms with Crippen molar-refractivity contribution in [3.8, 4) is 0 Å². The Morgan fingerprint density at radius 1 is 1.38 bits per heavy atom.